The van der Waals surface area contributed by atoms with E-state index >= 15 is 0 Å². The highest BCUT2D eigenvalue weighted by Crippen LogP contribution is 2.42. The fourth-order valence-corrected chi connectivity index (χ4v) is 3.49. The predicted molar refractivity (Wildman–Crippen MR) is 90.5 cm³/mol. The molecular formula is C19H17F6NO3. The second-order valence-corrected chi connectivity index (χ2v) is 6.84. The average molecular weight is 421 g/mol. The van der Waals surface area contributed by atoms with Gasteiger partial charge in [0.05, 0.1) is 22.8 Å². The molecule has 1 saturated heterocycles. The zero-order valence-electron chi connectivity index (χ0n) is 15.2. The Morgan fingerprint density at radius 1 is 1.17 bits per heavy atom. The Morgan fingerprint density at radius 2 is 1.86 bits per heavy atom. The van der Waals surface area contributed by atoms with Gasteiger partial charge in [-0.05, 0) is 44.0 Å². The maximum absolute atomic E-state index is 13.5. The number of ether oxygens (including phenoxy) is 1. The van der Waals surface area contributed by atoms with E-state index < -0.39 is 35.0 Å². The number of carboxylic acid groups (broad SMARTS) is 1. The van der Waals surface area contributed by atoms with Crippen molar-refractivity contribution in [2.75, 3.05) is 6.61 Å². The number of nitrogens with zero attached hydrogens (tertiary/aromatic N) is 1. The van der Waals surface area contributed by atoms with Gasteiger partial charge in [0.1, 0.15) is 0 Å². The van der Waals surface area contributed by atoms with E-state index in [0.29, 0.717) is 31.2 Å². The number of benzene rings is 1. The summed E-state index contributed by atoms with van der Waals surface area (Å²) >= 11 is 0. The lowest BCUT2D eigenvalue weighted by molar-refractivity contribution is -0.141. The molecule has 1 aromatic carbocycles. The topological polar surface area (TPSA) is 51.5 Å². The first kappa shape index (κ1) is 21.2. The minimum atomic E-state index is -4.92. The van der Waals surface area contributed by atoms with Crippen LogP contribution in [0.25, 0.3) is 11.3 Å². The number of aromatic carboxylic acids is 1. The molecule has 158 valence electrons. The van der Waals surface area contributed by atoms with E-state index in [0.717, 1.165) is 12.5 Å². The molecule has 1 aromatic heterocycles. The highest BCUT2D eigenvalue weighted by molar-refractivity contribution is 5.91. The summed E-state index contributed by atoms with van der Waals surface area (Å²) in [7, 11) is 0. The summed E-state index contributed by atoms with van der Waals surface area (Å²) in [6, 6.07) is 2.13. The highest BCUT2D eigenvalue weighted by atomic mass is 19.4. The van der Waals surface area contributed by atoms with Crippen LogP contribution in [0.2, 0.25) is 0 Å². The minimum absolute atomic E-state index is 0.0436. The first-order chi connectivity index (χ1) is 13.4. The molecule has 0 aliphatic carbocycles. The molecule has 0 amide bonds. The lowest BCUT2D eigenvalue weighted by Gasteiger charge is -2.20. The van der Waals surface area contributed by atoms with E-state index in [2.05, 4.69) is 0 Å². The van der Waals surface area contributed by atoms with Crippen molar-refractivity contribution in [3.8, 4) is 11.3 Å². The lowest BCUT2D eigenvalue weighted by atomic mass is 10.00. The van der Waals surface area contributed by atoms with Crippen LogP contribution in [-0.2, 0) is 23.6 Å². The Labute approximate surface area is 161 Å². The third-order valence-corrected chi connectivity index (χ3v) is 4.94. The zero-order valence-corrected chi connectivity index (χ0v) is 15.2. The van der Waals surface area contributed by atoms with Gasteiger partial charge in [0, 0.05) is 30.1 Å². The Bertz CT molecular complexity index is 923. The van der Waals surface area contributed by atoms with Crippen LogP contribution in [0.4, 0.5) is 26.3 Å². The van der Waals surface area contributed by atoms with E-state index in [1.807, 2.05) is 0 Å². The molecule has 0 bridgehead atoms. The third kappa shape index (κ3) is 4.26. The molecule has 4 nitrogen and oxygen atoms in total. The summed E-state index contributed by atoms with van der Waals surface area (Å²) in [6.07, 6.45) is -8.77. The van der Waals surface area contributed by atoms with E-state index in [1.165, 1.54) is 11.5 Å². The molecule has 1 unspecified atom stereocenters. The maximum Gasteiger partial charge on any atom is 0.417 e. The summed E-state index contributed by atoms with van der Waals surface area (Å²) in [5.41, 5.74) is -3.61. The summed E-state index contributed by atoms with van der Waals surface area (Å²) in [5.74, 6) is -1.38. The highest BCUT2D eigenvalue weighted by Gasteiger charge is 2.38. The molecular weight excluding hydrogens is 404 g/mol. The van der Waals surface area contributed by atoms with Crippen molar-refractivity contribution in [1.82, 2.24) is 4.57 Å². The third-order valence-electron chi connectivity index (χ3n) is 4.94. The van der Waals surface area contributed by atoms with Crippen LogP contribution in [-0.4, -0.2) is 28.4 Å². The van der Waals surface area contributed by atoms with Gasteiger partial charge in [-0.1, -0.05) is 0 Å². The van der Waals surface area contributed by atoms with Gasteiger partial charge in [0.25, 0.3) is 0 Å². The molecule has 2 heterocycles. The number of carboxylic acids is 1. The van der Waals surface area contributed by atoms with E-state index in [-0.39, 0.29) is 29.6 Å². The fourth-order valence-electron chi connectivity index (χ4n) is 3.49. The van der Waals surface area contributed by atoms with Gasteiger partial charge in [0.2, 0.25) is 0 Å². The second-order valence-electron chi connectivity index (χ2n) is 6.84. The monoisotopic (exact) mass is 421 g/mol. The largest absolute Gasteiger partial charge is 0.478 e. The molecule has 1 fully saturated rings. The Kier molecular flexibility index (Phi) is 5.42. The van der Waals surface area contributed by atoms with Gasteiger partial charge in [-0.2, -0.15) is 26.3 Å². The van der Waals surface area contributed by atoms with Crippen LogP contribution in [0.3, 0.4) is 0 Å². The standard InChI is InChI=1S/C19H17F6NO3/c1-10-13(17(27)28)8-16(26(10)9-12-3-2-6-29-12)14-7-11(18(20,21)22)4-5-15(14)19(23,24)25/h4-5,7-8,12H,2-3,6,9H2,1H3,(H,27,28). The molecule has 29 heavy (non-hydrogen) atoms. The van der Waals surface area contributed by atoms with Gasteiger partial charge in [-0.25, -0.2) is 4.79 Å². The molecule has 1 aliphatic rings. The zero-order chi connectivity index (χ0) is 21.6. The van der Waals surface area contributed by atoms with Crippen molar-refractivity contribution < 1.29 is 41.0 Å². The van der Waals surface area contributed by atoms with Crippen LogP contribution < -0.4 is 0 Å². The number of alkyl halides is 6. The van der Waals surface area contributed by atoms with Gasteiger partial charge in [-0.3, -0.25) is 0 Å². The maximum atomic E-state index is 13.5. The van der Waals surface area contributed by atoms with E-state index in [4.69, 9.17) is 4.74 Å². The SMILES string of the molecule is Cc1c(C(=O)O)cc(-c2cc(C(F)(F)F)ccc2C(F)(F)F)n1CC1CCCO1. The van der Waals surface area contributed by atoms with Crippen molar-refractivity contribution in [1.29, 1.82) is 0 Å². The smallest absolute Gasteiger partial charge is 0.417 e. The van der Waals surface area contributed by atoms with Gasteiger partial charge < -0.3 is 14.4 Å². The molecule has 0 radical (unpaired) electrons. The molecule has 1 N–H and O–H groups in total. The number of hydrogen-bond acceptors (Lipinski definition) is 2. The summed E-state index contributed by atoms with van der Waals surface area (Å²) in [4.78, 5) is 11.5. The van der Waals surface area contributed by atoms with Gasteiger partial charge >= 0.3 is 18.3 Å². The van der Waals surface area contributed by atoms with Crippen molar-refractivity contribution in [3.05, 3.63) is 46.6 Å². The van der Waals surface area contributed by atoms with Crippen LogP contribution >= 0.6 is 0 Å². The summed E-state index contributed by atoms with van der Waals surface area (Å²) < 4.78 is 86.8. The second kappa shape index (κ2) is 7.40. The number of carbonyl (C=O) groups is 1. The van der Waals surface area contributed by atoms with E-state index in [1.54, 1.807) is 0 Å². The van der Waals surface area contributed by atoms with Crippen LogP contribution in [0.5, 0.6) is 0 Å². The average Bonchev–Trinajstić information content (AvgIpc) is 3.22. The number of halogens is 6. The molecule has 0 spiro atoms. The molecule has 3 rings (SSSR count). The van der Waals surface area contributed by atoms with Crippen molar-refractivity contribution in [3.63, 3.8) is 0 Å². The van der Waals surface area contributed by atoms with Gasteiger partial charge in [-0.15, -0.1) is 0 Å². The molecule has 1 aliphatic heterocycles. The predicted octanol–water partition coefficient (Wildman–Crippen LogP) is 5.38. The molecule has 0 saturated carbocycles. The van der Waals surface area contributed by atoms with Crippen molar-refractivity contribution in [2.45, 2.75) is 44.8 Å². The first-order valence-corrected chi connectivity index (χ1v) is 8.73. The van der Waals surface area contributed by atoms with E-state index in [9.17, 15) is 36.2 Å². The first-order valence-electron chi connectivity index (χ1n) is 8.73. The van der Waals surface area contributed by atoms with Crippen LogP contribution in [0.15, 0.2) is 24.3 Å². The summed E-state index contributed by atoms with van der Waals surface area (Å²) in [6.45, 7) is 1.91. The fraction of sp³-hybridized carbons (Fsp3) is 0.421. The van der Waals surface area contributed by atoms with Crippen LogP contribution in [0.1, 0.15) is 40.0 Å². The number of rotatable bonds is 4. The Morgan fingerprint density at radius 3 is 2.38 bits per heavy atom. The Balaban J connectivity index is 2.25. The molecule has 1 atom stereocenters. The van der Waals surface area contributed by atoms with Gasteiger partial charge in [0.15, 0.2) is 0 Å². The normalized spacial score (nSPS) is 17.7. The molecule has 10 heteroatoms. The quantitative estimate of drug-likeness (QED) is 0.675. The summed E-state index contributed by atoms with van der Waals surface area (Å²) in [5, 5.41) is 9.38. The molecule has 2 aromatic rings. The minimum Gasteiger partial charge on any atom is -0.478 e. The van der Waals surface area contributed by atoms with Crippen molar-refractivity contribution >= 4 is 5.97 Å². The Hall–Kier alpha value is -2.49. The van der Waals surface area contributed by atoms with Crippen LogP contribution in [0, 0.1) is 6.92 Å². The number of hydrogen-bond donors (Lipinski definition) is 1. The lowest BCUT2D eigenvalue weighted by Crippen LogP contribution is -2.18. The van der Waals surface area contributed by atoms with Crippen molar-refractivity contribution in [2.24, 2.45) is 0 Å². The number of aromatic nitrogens is 1.